The number of amides is 1. The van der Waals surface area contributed by atoms with Crippen molar-refractivity contribution < 1.29 is 31.3 Å². The Morgan fingerprint density at radius 2 is 1.64 bits per heavy atom. The van der Waals surface area contributed by atoms with Crippen LogP contribution in [0.1, 0.15) is 36.0 Å². The SMILES string of the molecule is C1CC1.CN.COc1cc(C(N)=O)ccc1N.C[At]1CCC1. The molecule has 0 bridgehead atoms. The normalized spacial score (nSPS) is 15.4. The molecule has 1 aromatic carbocycles. The molecule has 0 spiro atoms. The minimum atomic E-state index is -0.492. The minimum absolute atomic E-state index is 0.314. The molecule has 1 aliphatic heterocycles. The van der Waals surface area contributed by atoms with Crippen molar-refractivity contribution >= 4 is 11.6 Å². The summed E-state index contributed by atoms with van der Waals surface area (Å²) in [7, 11) is 2.98. The first-order valence-corrected chi connectivity index (χ1v) is 14.5. The quantitative estimate of drug-likeness (QED) is 0.537. The molecule has 1 amide bonds. The number of carbonyl (C=O) groups excluding carboxylic acids is 1. The van der Waals surface area contributed by atoms with Gasteiger partial charge < -0.3 is 21.9 Å². The van der Waals surface area contributed by atoms with Crippen LogP contribution in [0.2, 0.25) is 12.9 Å². The number of ether oxygens (including phenoxy) is 1. The zero-order chi connectivity index (χ0) is 17.0. The van der Waals surface area contributed by atoms with Gasteiger partial charge in [-0.2, -0.15) is 0 Å². The van der Waals surface area contributed by atoms with E-state index in [-0.39, 0.29) is 21.8 Å². The number of rotatable bonds is 2. The number of anilines is 1. The fourth-order valence-electron chi connectivity index (χ4n) is 1.27. The van der Waals surface area contributed by atoms with Crippen molar-refractivity contribution in [1.82, 2.24) is 0 Å². The predicted octanol–water partition coefficient (Wildman–Crippen LogP) is 3.02. The van der Waals surface area contributed by atoms with E-state index in [0.29, 0.717) is 17.0 Å². The summed E-state index contributed by atoms with van der Waals surface area (Å²) in [5.74, 6) is -0.0281. The maximum atomic E-state index is 10.7. The Balaban J connectivity index is 0.000000357. The van der Waals surface area contributed by atoms with Gasteiger partial charge in [-0.1, -0.05) is 19.3 Å². The van der Waals surface area contributed by atoms with Crippen molar-refractivity contribution in [2.24, 2.45) is 11.5 Å². The fourth-order valence-corrected chi connectivity index (χ4v) is 4.38. The van der Waals surface area contributed by atoms with Gasteiger partial charge in [-0.05, 0) is 25.2 Å². The van der Waals surface area contributed by atoms with Crippen molar-refractivity contribution in [3.05, 3.63) is 23.8 Å². The Labute approximate surface area is 142 Å². The maximum absolute atomic E-state index is 10.7. The second kappa shape index (κ2) is 12.7. The molecule has 128 valence electrons. The molecule has 1 saturated carbocycles. The summed E-state index contributed by atoms with van der Waals surface area (Å²) in [6, 6.07) is 4.65. The average molecular weight is 506 g/mol. The van der Waals surface area contributed by atoms with Crippen LogP contribution in [-0.2, 0) is 0 Å². The Morgan fingerprint density at radius 3 is 1.91 bits per heavy atom. The molecule has 1 aliphatic carbocycles. The molecule has 1 aromatic rings. The molecule has 1 saturated heterocycles. The van der Waals surface area contributed by atoms with Crippen molar-refractivity contribution in [2.75, 3.05) is 19.9 Å². The van der Waals surface area contributed by atoms with Gasteiger partial charge in [0, 0.05) is 5.56 Å². The molecule has 0 aromatic heterocycles. The van der Waals surface area contributed by atoms with Gasteiger partial charge in [-0.25, -0.2) is 0 Å². The summed E-state index contributed by atoms with van der Waals surface area (Å²) in [5.41, 5.74) is 16.0. The Kier molecular flexibility index (Phi) is 12.2. The summed E-state index contributed by atoms with van der Waals surface area (Å²) in [6.07, 6.45) is 6.07. The van der Waals surface area contributed by atoms with Gasteiger partial charge in [0.1, 0.15) is 5.75 Å². The molecule has 0 atom stereocenters. The van der Waals surface area contributed by atoms with Crippen LogP contribution in [0.4, 0.5) is 5.69 Å². The number of hydrogen-bond donors (Lipinski definition) is 3. The molecule has 6 N–H and O–H groups in total. The van der Waals surface area contributed by atoms with Gasteiger partial charge in [0.25, 0.3) is 0 Å². The van der Waals surface area contributed by atoms with Crippen LogP contribution >= 0.6 is 0 Å². The van der Waals surface area contributed by atoms with Gasteiger partial charge >= 0.3 is 41.1 Å². The topological polar surface area (TPSA) is 104 Å². The van der Waals surface area contributed by atoms with Gasteiger partial charge in [0.05, 0.1) is 12.8 Å². The molecule has 1 heterocycles. The van der Waals surface area contributed by atoms with Crippen LogP contribution in [0.25, 0.3) is 0 Å². The molecular weight excluding hydrogens is 476 g/mol. The first-order valence-electron chi connectivity index (χ1n) is 7.37. The first kappa shape index (κ1) is 21.1. The van der Waals surface area contributed by atoms with Crippen LogP contribution in [0.3, 0.4) is 0 Å². The third-order valence-electron chi connectivity index (χ3n) is 2.78. The van der Waals surface area contributed by atoms with E-state index in [1.807, 2.05) is 0 Å². The summed E-state index contributed by atoms with van der Waals surface area (Å²) in [5, 5.41) is 0. The van der Waals surface area contributed by atoms with Crippen molar-refractivity contribution in [2.45, 2.75) is 38.6 Å². The molecule has 2 aliphatic rings. The van der Waals surface area contributed by atoms with Crippen molar-refractivity contribution in [1.29, 1.82) is 0 Å². The number of primary amides is 1. The second-order valence-corrected chi connectivity index (χ2v) is 13.4. The van der Waals surface area contributed by atoms with E-state index in [1.165, 1.54) is 39.5 Å². The third-order valence-corrected chi connectivity index (χ3v) is 9.88. The van der Waals surface area contributed by atoms with Crippen LogP contribution in [0, 0.1) is 21.8 Å². The molecule has 3 rings (SSSR count). The Bertz CT molecular complexity index is 433. The van der Waals surface area contributed by atoms with E-state index in [4.69, 9.17) is 16.2 Å². The molecule has 2 fully saturated rings. The monoisotopic (exact) mass is 506 g/mol. The number of nitrogen functional groups attached to an aromatic ring is 1. The first-order chi connectivity index (χ1) is 10.5. The molecule has 0 radical (unpaired) electrons. The van der Waals surface area contributed by atoms with E-state index in [1.54, 1.807) is 26.8 Å². The number of carbonyl (C=O) groups is 1. The summed E-state index contributed by atoms with van der Waals surface area (Å²) in [4.78, 5) is 10.7. The van der Waals surface area contributed by atoms with E-state index in [9.17, 15) is 4.79 Å². The van der Waals surface area contributed by atoms with Crippen molar-refractivity contribution in [3.8, 4) is 5.75 Å². The number of benzene rings is 1. The third kappa shape index (κ3) is 9.96. The molecule has 6 heteroatoms. The molecule has 22 heavy (non-hydrogen) atoms. The summed E-state index contributed by atoms with van der Waals surface area (Å²) in [6.45, 7) is 0. The van der Waals surface area contributed by atoms with E-state index in [0.717, 1.165) is 0 Å². The molecule has 5 nitrogen and oxygen atoms in total. The van der Waals surface area contributed by atoms with Gasteiger partial charge in [0.2, 0.25) is 5.91 Å². The number of nitrogens with two attached hydrogens (primary N) is 3. The summed E-state index contributed by atoms with van der Waals surface area (Å²) < 4.78 is 10.7. The van der Waals surface area contributed by atoms with Crippen LogP contribution in [0.15, 0.2) is 18.2 Å². The van der Waals surface area contributed by atoms with Crippen LogP contribution < -0.4 is 21.9 Å². The Hall–Kier alpha value is -0.867. The van der Waals surface area contributed by atoms with E-state index < -0.39 is 5.91 Å². The van der Waals surface area contributed by atoms with Crippen LogP contribution in [0.5, 0.6) is 5.75 Å². The zero-order valence-electron chi connectivity index (χ0n) is 13.9. The standard InChI is InChI=1S/C8H10N2O2.C4H9At.C3H6.CH5N/c1-12-7-4-5(8(10)11)2-3-6(7)9;1-5-3-2-4-5;1-2-3-1;1-2/h2-4H,9H2,1H3,(H2,10,11);2-4H2,1H3;1-3H2;2H2,1H3. The fraction of sp³-hybridized carbons (Fsp3) is 0.562. The Morgan fingerprint density at radius 1 is 1.14 bits per heavy atom. The van der Waals surface area contributed by atoms with Crippen LogP contribution in [-0.4, -0.2) is 20.1 Å². The van der Waals surface area contributed by atoms with Crippen molar-refractivity contribution in [3.63, 3.8) is 0 Å². The van der Waals surface area contributed by atoms with Gasteiger partial charge in [0.15, 0.2) is 0 Å². The number of methoxy groups -OCH3 is 1. The summed E-state index contributed by atoms with van der Waals surface area (Å²) >= 11 is -0.314. The predicted molar refractivity (Wildman–Crippen MR) is 90.0 cm³/mol. The van der Waals surface area contributed by atoms with Gasteiger partial charge in [-0.3, -0.25) is 4.79 Å². The van der Waals surface area contributed by atoms with E-state index in [2.05, 4.69) is 10.4 Å². The molecule has 0 unspecified atom stereocenters. The zero-order valence-corrected chi connectivity index (χ0v) is 16.8. The molecular formula is C16H30AtN3O2. The van der Waals surface area contributed by atoms with E-state index >= 15 is 0 Å². The average Bonchev–Trinajstić information content (AvgIpc) is 3.36. The number of hydrogen-bond acceptors (Lipinski definition) is 4. The van der Waals surface area contributed by atoms with Gasteiger partial charge in [-0.15, -0.1) is 0 Å². The second-order valence-electron chi connectivity index (χ2n) is 4.84.